The monoisotopic (exact) mass is 206 g/mol. The predicted molar refractivity (Wildman–Crippen MR) is 60.8 cm³/mol. The molecule has 1 aliphatic heterocycles. The molecule has 0 saturated carbocycles. The van der Waals surface area contributed by atoms with Crippen LogP contribution in [0.1, 0.15) is 25.0 Å². The summed E-state index contributed by atoms with van der Waals surface area (Å²) in [4.78, 5) is 11.0. The normalized spacial score (nSPS) is 21.7. The minimum absolute atomic E-state index is 0.417. The van der Waals surface area contributed by atoms with Crippen molar-refractivity contribution >= 4 is 5.95 Å². The highest BCUT2D eigenvalue weighted by Gasteiger charge is 2.22. The van der Waals surface area contributed by atoms with E-state index >= 15 is 0 Å². The SMILES string of the molecule is Cc1ccnc(N2CCCCC2CN)n1. The first kappa shape index (κ1) is 10.4. The molecule has 0 aliphatic carbocycles. The largest absolute Gasteiger partial charge is 0.337 e. The number of aromatic nitrogens is 2. The predicted octanol–water partition coefficient (Wildman–Crippen LogP) is 1.10. The van der Waals surface area contributed by atoms with Crippen LogP contribution in [0.5, 0.6) is 0 Å². The smallest absolute Gasteiger partial charge is 0.225 e. The zero-order chi connectivity index (χ0) is 10.7. The van der Waals surface area contributed by atoms with Gasteiger partial charge in [-0.15, -0.1) is 0 Å². The summed E-state index contributed by atoms with van der Waals surface area (Å²) in [6, 6.07) is 2.34. The van der Waals surface area contributed by atoms with Gasteiger partial charge in [0.2, 0.25) is 5.95 Å². The molecule has 15 heavy (non-hydrogen) atoms. The summed E-state index contributed by atoms with van der Waals surface area (Å²) in [5, 5.41) is 0. The van der Waals surface area contributed by atoms with E-state index in [1.165, 1.54) is 12.8 Å². The van der Waals surface area contributed by atoms with E-state index in [1.807, 2.05) is 19.2 Å². The van der Waals surface area contributed by atoms with Crippen LogP contribution in [0.3, 0.4) is 0 Å². The van der Waals surface area contributed by atoms with Crippen LogP contribution in [0.25, 0.3) is 0 Å². The van der Waals surface area contributed by atoms with E-state index in [4.69, 9.17) is 5.73 Å². The molecule has 1 atom stereocenters. The van der Waals surface area contributed by atoms with Gasteiger partial charge in [0.25, 0.3) is 0 Å². The molecule has 0 aromatic carbocycles. The third kappa shape index (κ3) is 2.26. The standard InChI is InChI=1S/C11H18N4/c1-9-5-6-13-11(14-9)15-7-3-2-4-10(15)8-12/h5-6,10H,2-4,7-8,12H2,1H3. The topological polar surface area (TPSA) is 55.0 Å². The van der Waals surface area contributed by atoms with Crippen LogP contribution >= 0.6 is 0 Å². The molecular formula is C11H18N4. The zero-order valence-electron chi connectivity index (χ0n) is 9.19. The molecule has 2 rings (SSSR count). The Kier molecular flexibility index (Phi) is 3.16. The van der Waals surface area contributed by atoms with Crippen molar-refractivity contribution in [1.29, 1.82) is 0 Å². The average molecular weight is 206 g/mol. The molecule has 1 aromatic rings. The molecule has 4 nitrogen and oxygen atoms in total. The van der Waals surface area contributed by atoms with E-state index < -0.39 is 0 Å². The summed E-state index contributed by atoms with van der Waals surface area (Å²) in [5.41, 5.74) is 6.79. The van der Waals surface area contributed by atoms with Crippen molar-refractivity contribution < 1.29 is 0 Å². The molecule has 1 aromatic heterocycles. The molecule has 1 saturated heterocycles. The molecule has 2 heterocycles. The van der Waals surface area contributed by atoms with Gasteiger partial charge in [-0.1, -0.05) is 0 Å². The number of nitrogens with two attached hydrogens (primary N) is 1. The van der Waals surface area contributed by atoms with Gasteiger partial charge in [0.1, 0.15) is 0 Å². The van der Waals surface area contributed by atoms with Gasteiger partial charge in [-0.2, -0.15) is 0 Å². The first-order valence-corrected chi connectivity index (χ1v) is 5.57. The molecule has 0 radical (unpaired) electrons. The minimum Gasteiger partial charge on any atom is -0.337 e. The maximum absolute atomic E-state index is 5.77. The second-order valence-electron chi connectivity index (χ2n) is 4.08. The van der Waals surface area contributed by atoms with Gasteiger partial charge in [0.05, 0.1) is 0 Å². The van der Waals surface area contributed by atoms with Gasteiger partial charge in [0, 0.05) is 31.0 Å². The quantitative estimate of drug-likeness (QED) is 0.787. The van der Waals surface area contributed by atoms with Gasteiger partial charge in [0.15, 0.2) is 0 Å². The number of hydrogen-bond donors (Lipinski definition) is 1. The molecule has 82 valence electrons. The highest BCUT2D eigenvalue weighted by atomic mass is 15.3. The van der Waals surface area contributed by atoms with Crippen LogP contribution in [0.2, 0.25) is 0 Å². The summed E-state index contributed by atoms with van der Waals surface area (Å²) >= 11 is 0. The van der Waals surface area contributed by atoms with Gasteiger partial charge in [-0.3, -0.25) is 0 Å². The van der Waals surface area contributed by atoms with E-state index in [2.05, 4.69) is 14.9 Å². The van der Waals surface area contributed by atoms with Crippen molar-refractivity contribution in [3.8, 4) is 0 Å². The van der Waals surface area contributed by atoms with Crippen molar-refractivity contribution in [2.75, 3.05) is 18.0 Å². The van der Waals surface area contributed by atoms with Gasteiger partial charge < -0.3 is 10.6 Å². The van der Waals surface area contributed by atoms with Crippen LogP contribution in [0, 0.1) is 6.92 Å². The Hall–Kier alpha value is -1.16. The molecule has 0 spiro atoms. The molecular weight excluding hydrogens is 188 g/mol. The van der Waals surface area contributed by atoms with Gasteiger partial charge >= 0.3 is 0 Å². The maximum Gasteiger partial charge on any atom is 0.225 e. The molecule has 1 fully saturated rings. The lowest BCUT2D eigenvalue weighted by molar-refractivity contribution is 0.458. The van der Waals surface area contributed by atoms with E-state index in [-0.39, 0.29) is 0 Å². The lowest BCUT2D eigenvalue weighted by atomic mass is 10.0. The fraction of sp³-hybridized carbons (Fsp3) is 0.636. The minimum atomic E-state index is 0.417. The molecule has 4 heteroatoms. The second-order valence-corrected chi connectivity index (χ2v) is 4.08. The Morgan fingerprint density at radius 1 is 1.53 bits per heavy atom. The Labute approximate surface area is 90.5 Å². The van der Waals surface area contributed by atoms with E-state index in [0.29, 0.717) is 12.6 Å². The third-order valence-corrected chi connectivity index (χ3v) is 2.94. The van der Waals surface area contributed by atoms with Crippen molar-refractivity contribution in [3.05, 3.63) is 18.0 Å². The van der Waals surface area contributed by atoms with E-state index in [1.54, 1.807) is 0 Å². The fourth-order valence-corrected chi connectivity index (χ4v) is 2.08. The number of nitrogens with zero attached hydrogens (tertiary/aromatic N) is 3. The van der Waals surface area contributed by atoms with Crippen LogP contribution in [0.4, 0.5) is 5.95 Å². The van der Waals surface area contributed by atoms with Gasteiger partial charge in [-0.25, -0.2) is 9.97 Å². The van der Waals surface area contributed by atoms with Crippen molar-refractivity contribution in [2.45, 2.75) is 32.2 Å². The molecule has 0 bridgehead atoms. The van der Waals surface area contributed by atoms with E-state index in [9.17, 15) is 0 Å². The third-order valence-electron chi connectivity index (χ3n) is 2.94. The van der Waals surface area contributed by atoms with Crippen molar-refractivity contribution in [1.82, 2.24) is 9.97 Å². The Balaban J connectivity index is 2.20. The number of hydrogen-bond acceptors (Lipinski definition) is 4. The molecule has 1 aliphatic rings. The number of rotatable bonds is 2. The van der Waals surface area contributed by atoms with E-state index in [0.717, 1.165) is 24.6 Å². The number of aryl methyl sites for hydroxylation is 1. The Morgan fingerprint density at radius 2 is 2.40 bits per heavy atom. The summed E-state index contributed by atoms with van der Waals surface area (Å²) in [5.74, 6) is 0.838. The first-order valence-electron chi connectivity index (χ1n) is 5.57. The van der Waals surface area contributed by atoms with Crippen molar-refractivity contribution in [3.63, 3.8) is 0 Å². The summed E-state index contributed by atoms with van der Waals surface area (Å²) in [7, 11) is 0. The highest BCUT2D eigenvalue weighted by molar-refractivity contribution is 5.32. The average Bonchev–Trinajstić information content (AvgIpc) is 2.29. The molecule has 1 unspecified atom stereocenters. The molecule has 0 amide bonds. The summed E-state index contributed by atoms with van der Waals surface area (Å²) < 4.78 is 0. The lowest BCUT2D eigenvalue weighted by Crippen LogP contribution is -2.45. The van der Waals surface area contributed by atoms with Crippen LogP contribution in [0.15, 0.2) is 12.3 Å². The Morgan fingerprint density at radius 3 is 3.13 bits per heavy atom. The number of piperidine rings is 1. The van der Waals surface area contributed by atoms with Crippen LogP contribution in [-0.4, -0.2) is 29.1 Å². The van der Waals surface area contributed by atoms with Crippen LogP contribution < -0.4 is 10.6 Å². The maximum atomic E-state index is 5.77. The highest BCUT2D eigenvalue weighted by Crippen LogP contribution is 2.20. The summed E-state index contributed by atoms with van der Waals surface area (Å²) in [6.07, 6.45) is 5.46. The number of anilines is 1. The van der Waals surface area contributed by atoms with Crippen LogP contribution in [-0.2, 0) is 0 Å². The van der Waals surface area contributed by atoms with Gasteiger partial charge in [-0.05, 0) is 32.3 Å². The lowest BCUT2D eigenvalue weighted by Gasteiger charge is -2.35. The zero-order valence-corrected chi connectivity index (χ0v) is 9.19. The fourth-order valence-electron chi connectivity index (χ4n) is 2.08. The Bertz CT molecular complexity index is 326. The summed E-state index contributed by atoms with van der Waals surface area (Å²) in [6.45, 7) is 3.72. The van der Waals surface area contributed by atoms with Crippen molar-refractivity contribution in [2.24, 2.45) is 5.73 Å². The molecule has 2 N–H and O–H groups in total. The first-order chi connectivity index (χ1) is 7.31. The second kappa shape index (κ2) is 4.57.